The van der Waals surface area contributed by atoms with Crippen molar-refractivity contribution in [2.24, 2.45) is 7.05 Å². The van der Waals surface area contributed by atoms with Crippen LogP contribution in [-0.4, -0.2) is 35.6 Å². The lowest BCUT2D eigenvalue weighted by Gasteiger charge is -2.08. The van der Waals surface area contributed by atoms with Gasteiger partial charge in [0.2, 0.25) is 15.9 Å². The number of benzene rings is 1. The van der Waals surface area contributed by atoms with Crippen molar-refractivity contribution >= 4 is 44.3 Å². The molecule has 1 aromatic carbocycles. The summed E-state index contributed by atoms with van der Waals surface area (Å²) in [5.74, 6) is -0.323. The van der Waals surface area contributed by atoms with E-state index in [9.17, 15) is 13.2 Å². The van der Waals surface area contributed by atoms with E-state index >= 15 is 0 Å². The van der Waals surface area contributed by atoms with Gasteiger partial charge >= 0.3 is 0 Å². The maximum absolute atomic E-state index is 12.2. The zero-order chi connectivity index (χ0) is 19.6. The average Bonchev–Trinajstić information content (AvgIpc) is 2.89. The second-order valence-electron chi connectivity index (χ2n) is 5.95. The monoisotopic (exact) mass is 407 g/mol. The van der Waals surface area contributed by atoms with Gasteiger partial charge in [0, 0.05) is 30.4 Å². The molecular formula is C17H18ClN5O3S. The Labute approximate surface area is 161 Å². The van der Waals surface area contributed by atoms with Crippen LogP contribution in [0.5, 0.6) is 0 Å². The van der Waals surface area contributed by atoms with E-state index in [0.29, 0.717) is 10.7 Å². The summed E-state index contributed by atoms with van der Waals surface area (Å²) in [6, 6.07) is 7.59. The summed E-state index contributed by atoms with van der Waals surface area (Å²) < 4.78 is 28.4. The molecule has 2 aromatic heterocycles. The molecule has 0 aliphatic heterocycles. The summed E-state index contributed by atoms with van der Waals surface area (Å²) in [5.41, 5.74) is 2.07. The van der Waals surface area contributed by atoms with Crippen LogP contribution in [0.15, 0.2) is 41.4 Å². The quantitative estimate of drug-likeness (QED) is 0.651. The highest BCUT2D eigenvalue weighted by atomic mass is 35.5. The van der Waals surface area contributed by atoms with Gasteiger partial charge in [0.15, 0.2) is 5.65 Å². The molecule has 8 nitrogen and oxygen atoms in total. The van der Waals surface area contributed by atoms with E-state index in [0.717, 1.165) is 16.7 Å². The predicted molar refractivity (Wildman–Crippen MR) is 103 cm³/mol. The van der Waals surface area contributed by atoms with Crippen molar-refractivity contribution in [1.29, 1.82) is 0 Å². The third-order valence-electron chi connectivity index (χ3n) is 3.91. The third-order valence-corrected chi connectivity index (χ3v) is 5.64. The lowest BCUT2D eigenvalue weighted by molar-refractivity contribution is -0.116. The second kappa shape index (κ2) is 7.63. The van der Waals surface area contributed by atoms with Crippen molar-refractivity contribution < 1.29 is 13.2 Å². The highest BCUT2D eigenvalue weighted by molar-refractivity contribution is 7.89. The number of nitrogens with zero attached hydrogens (tertiary/aromatic N) is 3. The summed E-state index contributed by atoms with van der Waals surface area (Å²) in [4.78, 5) is 16.5. The first-order valence-corrected chi connectivity index (χ1v) is 9.97. The summed E-state index contributed by atoms with van der Waals surface area (Å²) in [7, 11) is -1.89. The number of sulfonamides is 1. The number of carbonyl (C=O) groups excluding carboxylic acids is 1. The third kappa shape index (κ3) is 4.44. The van der Waals surface area contributed by atoms with Crippen LogP contribution in [-0.2, 0) is 21.9 Å². The van der Waals surface area contributed by atoms with Crippen molar-refractivity contribution in [3.05, 3.63) is 47.2 Å². The number of hydrogen-bond acceptors (Lipinski definition) is 5. The molecular weight excluding hydrogens is 390 g/mol. The van der Waals surface area contributed by atoms with Gasteiger partial charge in [0.1, 0.15) is 0 Å². The topological polar surface area (TPSA) is 106 Å². The van der Waals surface area contributed by atoms with Crippen LogP contribution in [0.4, 0.5) is 5.69 Å². The average molecular weight is 408 g/mol. The Hall–Kier alpha value is -2.49. The molecule has 0 atom stereocenters. The molecule has 0 radical (unpaired) electrons. The Balaban J connectivity index is 1.58. The van der Waals surface area contributed by atoms with Gasteiger partial charge in [-0.3, -0.25) is 9.48 Å². The number of carbonyl (C=O) groups is 1. The number of aryl methyl sites for hydroxylation is 2. The number of aromatic nitrogens is 3. The van der Waals surface area contributed by atoms with Gasteiger partial charge in [0.25, 0.3) is 0 Å². The number of amides is 1. The maximum Gasteiger partial charge on any atom is 0.240 e. The zero-order valence-electron chi connectivity index (χ0n) is 14.7. The Kier molecular flexibility index (Phi) is 5.45. The molecule has 0 aliphatic rings. The van der Waals surface area contributed by atoms with Gasteiger partial charge in [-0.2, -0.15) is 5.10 Å². The molecule has 3 aromatic rings. The summed E-state index contributed by atoms with van der Waals surface area (Å²) >= 11 is 5.75. The smallest absolute Gasteiger partial charge is 0.240 e. The van der Waals surface area contributed by atoms with Gasteiger partial charge in [-0.25, -0.2) is 18.1 Å². The molecule has 3 rings (SSSR count). The Morgan fingerprint density at radius 3 is 2.67 bits per heavy atom. The number of pyridine rings is 1. The number of fused-ring (bicyclic) bond motifs is 1. The minimum absolute atomic E-state index is 0.0170. The second-order valence-corrected chi connectivity index (χ2v) is 8.16. The molecule has 0 saturated heterocycles. The molecule has 10 heteroatoms. The number of anilines is 1. The van der Waals surface area contributed by atoms with Crippen molar-refractivity contribution in [2.75, 3.05) is 11.9 Å². The minimum atomic E-state index is -3.69. The van der Waals surface area contributed by atoms with Crippen LogP contribution in [0.25, 0.3) is 11.0 Å². The van der Waals surface area contributed by atoms with Crippen molar-refractivity contribution in [3.8, 4) is 0 Å². The van der Waals surface area contributed by atoms with Crippen molar-refractivity contribution in [3.63, 3.8) is 0 Å². The zero-order valence-corrected chi connectivity index (χ0v) is 16.3. The number of rotatable bonds is 6. The fourth-order valence-corrected chi connectivity index (χ4v) is 3.75. The highest BCUT2D eigenvalue weighted by Gasteiger charge is 2.14. The molecule has 142 valence electrons. The van der Waals surface area contributed by atoms with Crippen molar-refractivity contribution in [1.82, 2.24) is 19.5 Å². The number of nitrogens with one attached hydrogen (secondary N) is 2. The Morgan fingerprint density at radius 1 is 1.26 bits per heavy atom. The SMILES string of the molecule is Cc1nn(C)c2ncc(NC(=O)CCNS(=O)(=O)c3ccc(Cl)cc3)cc12. The Bertz CT molecular complexity index is 1090. The largest absolute Gasteiger partial charge is 0.325 e. The normalized spacial score (nSPS) is 11.7. The van der Waals surface area contributed by atoms with Crippen LogP contribution in [0, 0.1) is 6.92 Å². The van der Waals surface area contributed by atoms with Gasteiger partial charge in [-0.1, -0.05) is 11.6 Å². The molecule has 27 heavy (non-hydrogen) atoms. The first kappa shape index (κ1) is 19.3. The molecule has 2 N–H and O–H groups in total. The molecule has 0 saturated carbocycles. The molecule has 1 amide bonds. The lowest BCUT2D eigenvalue weighted by atomic mass is 10.2. The molecule has 0 spiro atoms. The van der Waals surface area contributed by atoms with Crippen LogP contribution < -0.4 is 10.0 Å². The van der Waals surface area contributed by atoms with E-state index < -0.39 is 10.0 Å². The van der Waals surface area contributed by atoms with Crippen LogP contribution in [0.3, 0.4) is 0 Å². The lowest BCUT2D eigenvalue weighted by Crippen LogP contribution is -2.27. The van der Waals surface area contributed by atoms with Gasteiger partial charge in [-0.15, -0.1) is 0 Å². The van der Waals surface area contributed by atoms with Crippen LogP contribution >= 0.6 is 11.6 Å². The van der Waals surface area contributed by atoms with Crippen LogP contribution in [0.2, 0.25) is 5.02 Å². The standard InChI is InChI=1S/C17H18ClN5O3S/c1-11-15-9-13(10-19-17(15)23(2)22-11)21-16(24)7-8-20-27(25,26)14-5-3-12(18)4-6-14/h3-6,9-10,20H,7-8H2,1-2H3,(H,21,24). The van der Waals surface area contributed by atoms with Gasteiger partial charge in [-0.05, 0) is 37.3 Å². The van der Waals surface area contributed by atoms with E-state index in [-0.39, 0.29) is 23.8 Å². The fraction of sp³-hybridized carbons (Fsp3) is 0.235. The van der Waals surface area contributed by atoms with Gasteiger partial charge < -0.3 is 5.32 Å². The fourth-order valence-electron chi connectivity index (χ4n) is 2.60. The molecule has 0 unspecified atom stereocenters. The van der Waals surface area contributed by atoms with E-state index in [2.05, 4.69) is 20.1 Å². The molecule has 0 bridgehead atoms. The van der Waals surface area contributed by atoms with Crippen LogP contribution in [0.1, 0.15) is 12.1 Å². The van der Waals surface area contributed by atoms with E-state index in [1.54, 1.807) is 24.0 Å². The predicted octanol–water partition coefficient (Wildman–Crippen LogP) is 2.24. The Morgan fingerprint density at radius 2 is 1.96 bits per heavy atom. The number of halogens is 1. The summed E-state index contributed by atoms with van der Waals surface area (Å²) in [6.07, 6.45) is 1.52. The van der Waals surface area contributed by atoms with E-state index in [1.807, 2.05) is 6.92 Å². The van der Waals surface area contributed by atoms with E-state index in [4.69, 9.17) is 11.6 Å². The van der Waals surface area contributed by atoms with E-state index in [1.165, 1.54) is 24.3 Å². The molecule has 0 fully saturated rings. The molecule has 0 aliphatic carbocycles. The maximum atomic E-state index is 12.2. The number of hydrogen-bond donors (Lipinski definition) is 2. The van der Waals surface area contributed by atoms with Crippen molar-refractivity contribution in [2.45, 2.75) is 18.2 Å². The minimum Gasteiger partial charge on any atom is -0.325 e. The first-order valence-electron chi connectivity index (χ1n) is 8.11. The summed E-state index contributed by atoms with van der Waals surface area (Å²) in [6.45, 7) is 1.83. The highest BCUT2D eigenvalue weighted by Crippen LogP contribution is 2.19. The molecule has 2 heterocycles. The first-order chi connectivity index (χ1) is 12.8. The van der Waals surface area contributed by atoms with Gasteiger partial charge in [0.05, 0.1) is 22.5 Å². The summed E-state index contributed by atoms with van der Waals surface area (Å²) in [5, 5.41) is 8.28.